The Labute approximate surface area is 163 Å². The molecule has 3 aromatic rings. The van der Waals surface area contributed by atoms with Crippen molar-refractivity contribution in [3.05, 3.63) is 70.8 Å². The largest absolute Gasteiger partial charge is 0.490 e. The second-order valence-electron chi connectivity index (χ2n) is 7.16. The third-order valence-electron chi connectivity index (χ3n) is 5.22. The predicted molar refractivity (Wildman–Crippen MR) is 107 cm³/mol. The van der Waals surface area contributed by atoms with E-state index in [1.165, 1.54) is 10.9 Å². The van der Waals surface area contributed by atoms with Gasteiger partial charge in [-0.05, 0) is 30.7 Å². The molecule has 0 N–H and O–H groups in total. The molecule has 1 fully saturated rings. The highest BCUT2D eigenvalue weighted by Crippen LogP contribution is 2.22. The standard InChI is InChI=1S/C22H23N3O3/c1-16-6-2-5-9-20(16)28-17-10-12-24(13-11-17)21(26)14-25-15-23-19-8-4-3-7-18(19)22(25)27/h2-9,15,17H,10-14H2,1H3. The van der Waals surface area contributed by atoms with Gasteiger partial charge in [-0.25, -0.2) is 4.98 Å². The van der Waals surface area contributed by atoms with Crippen molar-refractivity contribution in [3.63, 3.8) is 0 Å². The van der Waals surface area contributed by atoms with Crippen molar-refractivity contribution in [1.29, 1.82) is 0 Å². The number of likely N-dealkylation sites (tertiary alicyclic amines) is 1. The topological polar surface area (TPSA) is 64.4 Å². The lowest BCUT2D eigenvalue weighted by atomic mass is 10.1. The predicted octanol–water partition coefficient (Wildman–Crippen LogP) is 2.77. The lowest BCUT2D eigenvalue weighted by Crippen LogP contribution is -2.44. The molecule has 0 spiro atoms. The lowest BCUT2D eigenvalue weighted by molar-refractivity contribution is -0.133. The first-order chi connectivity index (χ1) is 13.6. The third kappa shape index (κ3) is 3.76. The van der Waals surface area contributed by atoms with E-state index >= 15 is 0 Å². The van der Waals surface area contributed by atoms with Crippen LogP contribution in [0.4, 0.5) is 0 Å². The molecule has 1 aliphatic heterocycles. The summed E-state index contributed by atoms with van der Waals surface area (Å²) >= 11 is 0. The first-order valence-electron chi connectivity index (χ1n) is 9.56. The van der Waals surface area contributed by atoms with E-state index in [1.54, 1.807) is 23.1 Å². The highest BCUT2D eigenvalue weighted by atomic mass is 16.5. The summed E-state index contributed by atoms with van der Waals surface area (Å²) in [5.74, 6) is 0.842. The van der Waals surface area contributed by atoms with Gasteiger partial charge in [0, 0.05) is 25.9 Å². The van der Waals surface area contributed by atoms with Gasteiger partial charge < -0.3 is 9.64 Å². The second kappa shape index (κ2) is 7.84. The van der Waals surface area contributed by atoms with Crippen molar-refractivity contribution in [2.24, 2.45) is 0 Å². The summed E-state index contributed by atoms with van der Waals surface area (Å²) < 4.78 is 7.49. The first kappa shape index (κ1) is 18.2. The molecule has 1 amide bonds. The van der Waals surface area contributed by atoms with Crippen LogP contribution in [0.5, 0.6) is 5.75 Å². The molecule has 28 heavy (non-hydrogen) atoms. The van der Waals surface area contributed by atoms with Gasteiger partial charge in [0.1, 0.15) is 18.4 Å². The van der Waals surface area contributed by atoms with Gasteiger partial charge in [-0.2, -0.15) is 0 Å². The molecule has 0 atom stereocenters. The van der Waals surface area contributed by atoms with Crippen molar-refractivity contribution in [1.82, 2.24) is 14.5 Å². The number of para-hydroxylation sites is 2. The highest BCUT2D eigenvalue weighted by molar-refractivity contribution is 5.79. The highest BCUT2D eigenvalue weighted by Gasteiger charge is 2.24. The zero-order valence-electron chi connectivity index (χ0n) is 15.9. The van der Waals surface area contributed by atoms with E-state index in [4.69, 9.17) is 4.74 Å². The van der Waals surface area contributed by atoms with E-state index in [1.807, 2.05) is 37.3 Å². The number of benzene rings is 2. The Morgan fingerprint density at radius 2 is 1.82 bits per heavy atom. The van der Waals surface area contributed by atoms with E-state index in [0.29, 0.717) is 24.0 Å². The molecule has 1 saturated heterocycles. The van der Waals surface area contributed by atoms with Crippen molar-refractivity contribution >= 4 is 16.8 Å². The molecular formula is C22H23N3O3. The Bertz CT molecular complexity index is 1050. The van der Waals surface area contributed by atoms with Gasteiger partial charge in [-0.1, -0.05) is 30.3 Å². The van der Waals surface area contributed by atoms with Crippen LogP contribution in [0.3, 0.4) is 0 Å². The lowest BCUT2D eigenvalue weighted by Gasteiger charge is -2.32. The minimum atomic E-state index is -0.184. The summed E-state index contributed by atoms with van der Waals surface area (Å²) in [5.41, 5.74) is 1.58. The summed E-state index contributed by atoms with van der Waals surface area (Å²) in [7, 11) is 0. The molecule has 0 radical (unpaired) electrons. The number of aromatic nitrogens is 2. The number of aryl methyl sites for hydroxylation is 1. The molecule has 6 heteroatoms. The average Bonchev–Trinajstić information content (AvgIpc) is 2.72. The first-order valence-corrected chi connectivity index (χ1v) is 9.56. The van der Waals surface area contributed by atoms with Crippen molar-refractivity contribution in [2.45, 2.75) is 32.4 Å². The van der Waals surface area contributed by atoms with Crippen molar-refractivity contribution < 1.29 is 9.53 Å². The normalized spacial score (nSPS) is 15.0. The van der Waals surface area contributed by atoms with E-state index in [9.17, 15) is 9.59 Å². The summed E-state index contributed by atoms with van der Waals surface area (Å²) in [6.07, 6.45) is 3.13. The number of piperidine rings is 1. The Morgan fingerprint density at radius 3 is 2.61 bits per heavy atom. The number of rotatable bonds is 4. The fraction of sp³-hybridized carbons (Fsp3) is 0.318. The minimum Gasteiger partial charge on any atom is -0.490 e. The van der Waals surface area contributed by atoms with Crippen LogP contribution in [-0.4, -0.2) is 39.6 Å². The van der Waals surface area contributed by atoms with E-state index in [0.717, 1.165) is 24.2 Å². The van der Waals surface area contributed by atoms with Gasteiger partial charge in [0.2, 0.25) is 5.91 Å². The van der Waals surface area contributed by atoms with Crippen LogP contribution >= 0.6 is 0 Å². The molecule has 6 nitrogen and oxygen atoms in total. The van der Waals surface area contributed by atoms with Crippen LogP contribution in [0.25, 0.3) is 10.9 Å². The molecule has 2 aromatic carbocycles. The van der Waals surface area contributed by atoms with E-state index in [-0.39, 0.29) is 24.1 Å². The number of carbonyl (C=O) groups excluding carboxylic acids is 1. The number of hydrogen-bond acceptors (Lipinski definition) is 4. The Kier molecular flexibility index (Phi) is 5.10. The van der Waals surface area contributed by atoms with Crippen LogP contribution in [0.15, 0.2) is 59.7 Å². The molecule has 1 aliphatic rings. The van der Waals surface area contributed by atoms with E-state index < -0.39 is 0 Å². The Morgan fingerprint density at radius 1 is 1.11 bits per heavy atom. The number of ether oxygens (including phenoxy) is 1. The van der Waals surface area contributed by atoms with Gasteiger partial charge in [-0.3, -0.25) is 14.2 Å². The fourth-order valence-corrected chi connectivity index (χ4v) is 3.56. The molecule has 2 heterocycles. The van der Waals surface area contributed by atoms with Gasteiger partial charge in [0.25, 0.3) is 5.56 Å². The smallest absolute Gasteiger partial charge is 0.261 e. The molecule has 4 rings (SSSR count). The van der Waals surface area contributed by atoms with Gasteiger partial charge >= 0.3 is 0 Å². The number of carbonyl (C=O) groups is 1. The van der Waals surface area contributed by atoms with Gasteiger partial charge in [0.15, 0.2) is 0 Å². The Balaban J connectivity index is 1.37. The zero-order chi connectivity index (χ0) is 19.5. The third-order valence-corrected chi connectivity index (χ3v) is 5.22. The fourth-order valence-electron chi connectivity index (χ4n) is 3.56. The SMILES string of the molecule is Cc1ccccc1OC1CCN(C(=O)Cn2cnc3ccccc3c2=O)CC1. The van der Waals surface area contributed by atoms with Crippen molar-refractivity contribution in [2.75, 3.05) is 13.1 Å². The van der Waals surface area contributed by atoms with Gasteiger partial charge in [-0.15, -0.1) is 0 Å². The summed E-state index contributed by atoms with van der Waals surface area (Å²) in [4.78, 5) is 31.3. The van der Waals surface area contributed by atoms with Crippen molar-refractivity contribution in [3.8, 4) is 5.75 Å². The molecule has 0 bridgehead atoms. The maximum Gasteiger partial charge on any atom is 0.261 e. The quantitative estimate of drug-likeness (QED) is 0.701. The maximum atomic E-state index is 12.7. The number of amides is 1. The summed E-state index contributed by atoms with van der Waals surface area (Å²) in [5, 5.41) is 0.531. The van der Waals surface area contributed by atoms with Crippen LogP contribution in [0, 0.1) is 6.92 Å². The average molecular weight is 377 g/mol. The molecule has 0 saturated carbocycles. The molecule has 144 valence electrons. The van der Waals surface area contributed by atoms with Crippen LogP contribution in [-0.2, 0) is 11.3 Å². The van der Waals surface area contributed by atoms with Crippen LogP contribution in [0.1, 0.15) is 18.4 Å². The van der Waals surface area contributed by atoms with Crippen LogP contribution in [0.2, 0.25) is 0 Å². The summed E-state index contributed by atoms with van der Waals surface area (Å²) in [6, 6.07) is 15.1. The Hall–Kier alpha value is -3.15. The molecule has 0 unspecified atom stereocenters. The van der Waals surface area contributed by atoms with Crippen LogP contribution < -0.4 is 10.3 Å². The summed E-state index contributed by atoms with van der Waals surface area (Å²) in [6.45, 7) is 3.31. The molecule has 0 aliphatic carbocycles. The second-order valence-corrected chi connectivity index (χ2v) is 7.16. The zero-order valence-corrected chi connectivity index (χ0v) is 15.9. The maximum absolute atomic E-state index is 12.7. The monoisotopic (exact) mass is 377 g/mol. The number of nitrogens with zero attached hydrogens (tertiary/aromatic N) is 3. The molecule has 1 aromatic heterocycles. The van der Waals surface area contributed by atoms with Gasteiger partial charge in [0.05, 0.1) is 17.2 Å². The minimum absolute atomic E-state index is 0.0139. The number of hydrogen-bond donors (Lipinski definition) is 0. The van der Waals surface area contributed by atoms with E-state index in [2.05, 4.69) is 4.98 Å². The number of fused-ring (bicyclic) bond motifs is 1. The molecular weight excluding hydrogens is 354 g/mol.